The van der Waals surface area contributed by atoms with Gasteiger partial charge in [0.05, 0.1) is 29.3 Å². The molecule has 0 radical (unpaired) electrons. The molecule has 0 aliphatic carbocycles. The fourth-order valence-electron chi connectivity index (χ4n) is 2.41. The molecule has 0 aliphatic rings. The van der Waals surface area contributed by atoms with Crippen LogP contribution in [0, 0.1) is 5.41 Å². The van der Waals surface area contributed by atoms with E-state index >= 15 is 0 Å². The van der Waals surface area contributed by atoms with Gasteiger partial charge in [0.15, 0.2) is 5.16 Å². The number of carboxylic acid groups (broad SMARTS) is 3. The Morgan fingerprint density at radius 2 is 1.41 bits per heavy atom. The summed E-state index contributed by atoms with van der Waals surface area (Å²) in [4.78, 5) is 44.6. The second-order valence-corrected chi connectivity index (χ2v) is 10.8. The molecule has 0 fully saturated rings. The van der Waals surface area contributed by atoms with Crippen LogP contribution in [0.25, 0.3) is 0 Å². The van der Waals surface area contributed by atoms with E-state index < -0.39 is 75.8 Å². The highest BCUT2D eigenvalue weighted by atomic mass is 32.3. The zero-order valence-corrected chi connectivity index (χ0v) is 19.6. The average molecular weight is 532 g/mol. The fourth-order valence-corrected chi connectivity index (χ4v) is 7.18. The molecule has 0 amide bonds. The molecule has 1 heterocycles. The van der Waals surface area contributed by atoms with Crippen LogP contribution in [0.4, 0.5) is 0 Å². The number of thioether (sulfide) groups is 3. The molecule has 1 aromatic heterocycles. The maximum atomic E-state index is 11.3. The van der Waals surface area contributed by atoms with Gasteiger partial charge in [-0.1, -0.05) is 0 Å². The number of carboxylic acids is 3. The number of nitrogens with zero attached hydrogens (tertiary/aromatic N) is 3. The van der Waals surface area contributed by atoms with Crippen LogP contribution in [0.2, 0.25) is 0 Å². The van der Waals surface area contributed by atoms with Crippen molar-refractivity contribution in [2.24, 2.45) is 5.41 Å². The highest BCUT2D eigenvalue weighted by Gasteiger charge is 2.54. The van der Waals surface area contributed by atoms with Gasteiger partial charge < -0.3 is 35.4 Å². The lowest BCUT2D eigenvalue weighted by atomic mass is 9.88. The number of aliphatic hydroxyl groups is 2. The molecule has 1 aromatic rings. The zero-order chi connectivity index (χ0) is 24.4. The minimum absolute atomic E-state index is 0.184. The minimum Gasteiger partial charge on any atom is -0.481 e. The van der Waals surface area contributed by atoms with E-state index in [1.807, 2.05) is 0 Å². The quantitative estimate of drug-likeness (QED) is 0.108. The topological polar surface area (TPSA) is 220 Å². The molecule has 0 saturated carbocycles. The van der Waals surface area contributed by atoms with Crippen LogP contribution in [0.15, 0.2) is 5.16 Å². The lowest BCUT2D eigenvalue weighted by Gasteiger charge is -2.47. The van der Waals surface area contributed by atoms with Crippen LogP contribution in [0.3, 0.4) is 0 Å². The predicted octanol–water partition coefficient (Wildman–Crippen LogP) is -0.287. The first-order chi connectivity index (χ1) is 15.0. The van der Waals surface area contributed by atoms with Gasteiger partial charge >= 0.3 is 29.9 Å². The largest absolute Gasteiger partial charge is 0.481 e. The number of thiol groups is 1. The number of aromatic hydroxyl groups is 1. The van der Waals surface area contributed by atoms with Crippen molar-refractivity contribution in [3.63, 3.8) is 0 Å². The van der Waals surface area contributed by atoms with E-state index in [1.165, 1.54) is 0 Å². The first-order valence-corrected chi connectivity index (χ1v) is 12.0. The molecule has 6 N–H and O–H groups in total. The summed E-state index contributed by atoms with van der Waals surface area (Å²) in [6, 6.07) is -1.11. The number of aliphatic hydroxyl groups excluding tert-OH is 2. The molecule has 180 valence electrons. The SMILES string of the molecule is O=C(O)CSC(SCC(=O)O)(SCC(=O)O)C(CO)(CCO)COc1nc(O)nc(S)n1. The third kappa shape index (κ3) is 8.36. The van der Waals surface area contributed by atoms with Crippen LogP contribution in [0.1, 0.15) is 6.42 Å². The Labute approximate surface area is 199 Å². The van der Waals surface area contributed by atoms with Gasteiger partial charge in [-0.2, -0.15) is 9.97 Å². The summed E-state index contributed by atoms with van der Waals surface area (Å²) in [7, 11) is 0. The van der Waals surface area contributed by atoms with Gasteiger partial charge in [0.1, 0.15) is 10.0 Å². The van der Waals surface area contributed by atoms with Gasteiger partial charge in [-0.15, -0.1) is 52.9 Å². The third-order valence-electron chi connectivity index (χ3n) is 3.77. The Hall–Kier alpha value is -1.66. The molecule has 0 bridgehead atoms. The molecule has 1 rings (SSSR count). The molecule has 0 aliphatic heterocycles. The van der Waals surface area contributed by atoms with Crippen LogP contribution in [-0.2, 0) is 14.4 Å². The average Bonchev–Trinajstić information content (AvgIpc) is 2.70. The van der Waals surface area contributed by atoms with Crippen molar-refractivity contribution in [2.75, 3.05) is 37.1 Å². The Bertz CT molecular complexity index is 752. The number of hydrogen-bond acceptors (Lipinski definition) is 14. The Morgan fingerprint density at radius 1 is 0.906 bits per heavy atom. The lowest BCUT2D eigenvalue weighted by Crippen LogP contribution is -2.50. The second kappa shape index (κ2) is 13.1. The minimum atomic E-state index is -1.60. The van der Waals surface area contributed by atoms with Gasteiger partial charge in [0, 0.05) is 6.61 Å². The summed E-state index contributed by atoms with van der Waals surface area (Å²) >= 11 is 5.99. The van der Waals surface area contributed by atoms with Gasteiger partial charge in [0.25, 0.3) is 0 Å². The van der Waals surface area contributed by atoms with Crippen LogP contribution in [0.5, 0.6) is 12.0 Å². The Balaban J connectivity index is 3.47. The normalized spacial score (nSPS) is 13.3. The molecule has 13 nitrogen and oxygen atoms in total. The van der Waals surface area contributed by atoms with Crippen molar-refractivity contribution < 1.29 is 49.8 Å². The fraction of sp³-hybridized carbons (Fsp3) is 0.600. The van der Waals surface area contributed by atoms with E-state index in [4.69, 9.17) is 4.74 Å². The molecule has 1 atom stereocenters. The van der Waals surface area contributed by atoms with Crippen molar-refractivity contribution >= 4 is 65.8 Å². The van der Waals surface area contributed by atoms with Crippen molar-refractivity contribution in [1.82, 2.24) is 15.0 Å². The number of rotatable bonds is 16. The summed E-state index contributed by atoms with van der Waals surface area (Å²) in [5.41, 5.74) is -1.57. The van der Waals surface area contributed by atoms with E-state index in [-0.39, 0.29) is 11.6 Å². The van der Waals surface area contributed by atoms with E-state index in [9.17, 15) is 45.0 Å². The van der Waals surface area contributed by atoms with Gasteiger partial charge in [-0.25, -0.2) is 0 Å². The second-order valence-electron chi connectivity index (χ2n) is 6.02. The van der Waals surface area contributed by atoms with Gasteiger partial charge in [0.2, 0.25) is 0 Å². The standard InChI is InChI=1S/C15H21N3O10S4/c19-2-1-14(6-20,7-28-12-16-11(27)17-13(29)18-12)15(30-3-8(21)22,31-4-9(23)24)32-5-10(25)26/h19-20H,1-7H2,(H,21,22)(H,23,24)(H,25,26)(H2,16,17,18,27,29). The van der Waals surface area contributed by atoms with Crippen LogP contribution in [-0.4, -0.2) is 104 Å². The summed E-state index contributed by atoms with van der Waals surface area (Å²) < 4.78 is 3.88. The van der Waals surface area contributed by atoms with E-state index in [0.29, 0.717) is 35.3 Å². The van der Waals surface area contributed by atoms with Crippen LogP contribution >= 0.6 is 47.9 Å². The molecule has 0 saturated heterocycles. The highest BCUT2D eigenvalue weighted by molar-refractivity contribution is 8.34. The zero-order valence-electron chi connectivity index (χ0n) is 16.3. The predicted molar refractivity (Wildman–Crippen MR) is 118 cm³/mol. The third-order valence-corrected chi connectivity index (χ3v) is 9.70. The van der Waals surface area contributed by atoms with Crippen molar-refractivity contribution in [1.29, 1.82) is 0 Å². The summed E-state index contributed by atoms with van der Waals surface area (Å²) in [5.74, 6) is -5.44. The molecule has 32 heavy (non-hydrogen) atoms. The Morgan fingerprint density at radius 3 is 1.78 bits per heavy atom. The summed E-state index contributed by atoms with van der Waals surface area (Å²) in [5, 5.41) is 56.9. The monoisotopic (exact) mass is 531 g/mol. The van der Waals surface area contributed by atoms with Crippen molar-refractivity contribution in [3.05, 3.63) is 0 Å². The van der Waals surface area contributed by atoms with Crippen molar-refractivity contribution in [2.45, 2.75) is 15.0 Å². The smallest absolute Gasteiger partial charge is 0.323 e. The number of aliphatic carboxylic acids is 3. The molecule has 17 heteroatoms. The Kier molecular flexibility index (Phi) is 11.7. The molecular formula is C15H21N3O10S4. The number of aromatic nitrogens is 3. The maximum Gasteiger partial charge on any atom is 0.323 e. The lowest BCUT2D eigenvalue weighted by molar-refractivity contribution is -0.134. The highest BCUT2D eigenvalue weighted by Crippen LogP contribution is 2.59. The maximum absolute atomic E-state index is 11.3. The first-order valence-electron chi connectivity index (χ1n) is 8.55. The van der Waals surface area contributed by atoms with E-state index in [0.717, 1.165) is 0 Å². The number of hydrogen-bond donors (Lipinski definition) is 7. The summed E-state index contributed by atoms with van der Waals surface area (Å²) in [6.07, 6.45) is -0.222. The van der Waals surface area contributed by atoms with Gasteiger partial charge in [-0.3, -0.25) is 14.4 Å². The number of carbonyl (C=O) groups is 3. The van der Waals surface area contributed by atoms with Gasteiger partial charge in [-0.05, 0) is 6.42 Å². The molecule has 0 aromatic carbocycles. The molecule has 1 unspecified atom stereocenters. The first kappa shape index (κ1) is 28.4. The van der Waals surface area contributed by atoms with Crippen LogP contribution < -0.4 is 4.74 Å². The molecule has 0 spiro atoms. The molecular weight excluding hydrogens is 510 g/mol. The van der Waals surface area contributed by atoms with E-state index in [2.05, 4.69) is 27.6 Å². The summed E-state index contributed by atoms with van der Waals surface area (Å²) in [6.45, 7) is -1.77. The van der Waals surface area contributed by atoms with Crippen molar-refractivity contribution in [3.8, 4) is 12.0 Å². The van der Waals surface area contributed by atoms with E-state index in [1.54, 1.807) is 0 Å². The number of ether oxygens (including phenoxy) is 1.